The molecule has 0 fully saturated rings. The standard InChI is InChI=1S/C13H21N5/c1-10(8-14-3)9-17(4)13-12-7-11(2)16-18(12)6-5-15-13/h5-7,10,14H,8-9H2,1-4H3. The van der Waals surface area contributed by atoms with Gasteiger partial charge in [-0.05, 0) is 32.5 Å². The van der Waals surface area contributed by atoms with Crippen molar-refractivity contribution >= 4 is 11.3 Å². The van der Waals surface area contributed by atoms with E-state index in [4.69, 9.17) is 0 Å². The second-order valence-corrected chi connectivity index (χ2v) is 4.91. The van der Waals surface area contributed by atoms with Crippen LogP contribution in [0, 0.1) is 12.8 Å². The largest absolute Gasteiger partial charge is 0.358 e. The Bertz CT molecular complexity index is 519. The van der Waals surface area contributed by atoms with Crippen molar-refractivity contribution in [1.29, 1.82) is 0 Å². The van der Waals surface area contributed by atoms with Gasteiger partial charge in [0, 0.05) is 26.0 Å². The van der Waals surface area contributed by atoms with Gasteiger partial charge in [0.05, 0.1) is 5.69 Å². The van der Waals surface area contributed by atoms with E-state index in [1.54, 1.807) is 6.20 Å². The summed E-state index contributed by atoms with van der Waals surface area (Å²) >= 11 is 0. The van der Waals surface area contributed by atoms with Crippen LogP contribution in [-0.4, -0.2) is 41.8 Å². The maximum absolute atomic E-state index is 4.48. The van der Waals surface area contributed by atoms with Gasteiger partial charge in [0.2, 0.25) is 0 Å². The summed E-state index contributed by atoms with van der Waals surface area (Å²) in [6.45, 7) is 6.21. The highest BCUT2D eigenvalue weighted by Gasteiger charge is 2.12. The molecule has 18 heavy (non-hydrogen) atoms. The Morgan fingerprint density at radius 2 is 2.28 bits per heavy atom. The molecule has 1 atom stereocenters. The predicted octanol–water partition coefficient (Wildman–Crippen LogP) is 1.33. The molecule has 5 nitrogen and oxygen atoms in total. The lowest BCUT2D eigenvalue weighted by Crippen LogP contribution is -2.30. The van der Waals surface area contributed by atoms with Crippen LogP contribution in [0.1, 0.15) is 12.6 Å². The number of rotatable bonds is 5. The monoisotopic (exact) mass is 247 g/mol. The van der Waals surface area contributed by atoms with Crippen molar-refractivity contribution in [2.24, 2.45) is 5.92 Å². The quantitative estimate of drug-likeness (QED) is 0.866. The molecule has 0 saturated carbocycles. The topological polar surface area (TPSA) is 45.5 Å². The number of hydrogen-bond acceptors (Lipinski definition) is 4. The Hall–Kier alpha value is -1.62. The summed E-state index contributed by atoms with van der Waals surface area (Å²) in [6, 6.07) is 2.07. The van der Waals surface area contributed by atoms with Crippen LogP contribution in [0.4, 0.5) is 5.82 Å². The maximum atomic E-state index is 4.48. The van der Waals surface area contributed by atoms with E-state index in [0.29, 0.717) is 5.92 Å². The van der Waals surface area contributed by atoms with E-state index >= 15 is 0 Å². The van der Waals surface area contributed by atoms with Crippen molar-refractivity contribution in [3.63, 3.8) is 0 Å². The molecule has 2 rings (SSSR count). The molecule has 0 aromatic carbocycles. The first-order valence-corrected chi connectivity index (χ1v) is 6.28. The number of anilines is 1. The number of nitrogens with one attached hydrogen (secondary N) is 1. The third-order valence-corrected chi connectivity index (χ3v) is 2.99. The molecule has 98 valence electrons. The number of nitrogens with zero attached hydrogens (tertiary/aromatic N) is 4. The lowest BCUT2D eigenvalue weighted by Gasteiger charge is -2.22. The van der Waals surface area contributed by atoms with Crippen molar-refractivity contribution < 1.29 is 0 Å². The zero-order chi connectivity index (χ0) is 13.1. The van der Waals surface area contributed by atoms with E-state index in [0.717, 1.165) is 30.1 Å². The molecule has 0 aliphatic carbocycles. The Kier molecular flexibility index (Phi) is 3.81. The molecule has 0 aliphatic heterocycles. The van der Waals surface area contributed by atoms with Crippen molar-refractivity contribution in [2.75, 3.05) is 32.1 Å². The molecular weight excluding hydrogens is 226 g/mol. The van der Waals surface area contributed by atoms with E-state index in [-0.39, 0.29) is 0 Å². The number of hydrogen-bond donors (Lipinski definition) is 1. The molecular formula is C13H21N5. The molecule has 2 aromatic heterocycles. The Morgan fingerprint density at radius 1 is 1.50 bits per heavy atom. The van der Waals surface area contributed by atoms with Gasteiger partial charge in [0.25, 0.3) is 0 Å². The van der Waals surface area contributed by atoms with Crippen LogP contribution < -0.4 is 10.2 Å². The molecule has 2 heterocycles. The molecule has 0 spiro atoms. The van der Waals surface area contributed by atoms with Crippen LogP contribution in [0.5, 0.6) is 0 Å². The van der Waals surface area contributed by atoms with E-state index in [2.05, 4.69) is 40.3 Å². The number of aryl methyl sites for hydroxylation is 1. The Labute approximate surface area is 108 Å². The molecule has 0 saturated heterocycles. The molecule has 0 amide bonds. The first-order valence-electron chi connectivity index (χ1n) is 6.28. The van der Waals surface area contributed by atoms with Crippen LogP contribution in [-0.2, 0) is 0 Å². The summed E-state index contributed by atoms with van der Waals surface area (Å²) in [4.78, 5) is 6.67. The smallest absolute Gasteiger partial charge is 0.154 e. The van der Waals surface area contributed by atoms with Gasteiger partial charge in [-0.1, -0.05) is 6.92 Å². The Morgan fingerprint density at radius 3 is 3.00 bits per heavy atom. The first-order chi connectivity index (χ1) is 8.61. The fraction of sp³-hybridized carbons (Fsp3) is 0.538. The van der Waals surface area contributed by atoms with Gasteiger partial charge in [0.1, 0.15) is 5.52 Å². The second kappa shape index (κ2) is 5.35. The fourth-order valence-electron chi connectivity index (χ4n) is 2.29. The van der Waals surface area contributed by atoms with Crippen molar-refractivity contribution in [3.05, 3.63) is 24.2 Å². The van der Waals surface area contributed by atoms with E-state index in [1.807, 2.05) is 24.7 Å². The van der Waals surface area contributed by atoms with Gasteiger partial charge >= 0.3 is 0 Å². The summed E-state index contributed by atoms with van der Waals surface area (Å²) in [5.41, 5.74) is 2.08. The second-order valence-electron chi connectivity index (χ2n) is 4.91. The van der Waals surface area contributed by atoms with Gasteiger partial charge in [-0.15, -0.1) is 0 Å². The summed E-state index contributed by atoms with van der Waals surface area (Å²) in [5.74, 6) is 1.56. The van der Waals surface area contributed by atoms with Crippen molar-refractivity contribution in [3.8, 4) is 0 Å². The Balaban J connectivity index is 2.24. The zero-order valence-corrected chi connectivity index (χ0v) is 11.5. The van der Waals surface area contributed by atoms with E-state index in [1.165, 1.54) is 0 Å². The van der Waals surface area contributed by atoms with Crippen LogP contribution in [0.3, 0.4) is 0 Å². The maximum Gasteiger partial charge on any atom is 0.154 e. The van der Waals surface area contributed by atoms with Crippen LogP contribution in [0.2, 0.25) is 0 Å². The molecule has 2 aromatic rings. The highest BCUT2D eigenvalue weighted by Crippen LogP contribution is 2.18. The lowest BCUT2D eigenvalue weighted by atomic mass is 10.1. The third kappa shape index (κ3) is 2.61. The molecule has 0 aliphatic rings. The molecule has 0 bridgehead atoms. The normalized spacial score (nSPS) is 12.9. The molecule has 1 unspecified atom stereocenters. The summed E-state index contributed by atoms with van der Waals surface area (Å²) in [7, 11) is 4.06. The van der Waals surface area contributed by atoms with Crippen LogP contribution in [0.25, 0.3) is 5.52 Å². The van der Waals surface area contributed by atoms with E-state index < -0.39 is 0 Å². The summed E-state index contributed by atoms with van der Waals surface area (Å²) in [6.07, 6.45) is 3.69. The number of fused-ring (bicyclic) bond motifs is 1. The molecule has 0 radical (unpaired) electrons. The van der Waals surface area contributed by atoms with E-state index in [9.17, 15) is 0 Å². The lowest BCUT2D eigenvalue weighted by molar-refractivity contribution is 0.541. The van der Waals surface area contributed by atoms with Crippen LogP contribution in [0.15, 0.2) is 18.5 Å². The van der Waals surface area contributed by atoms with Gasteiger partial charge in [-0.2, -0.15) is 5.10 Å². The summed E-state index contributed by atoms with van der Waals surface area (Å²) in [5, 5.41) is 7.61. The highest BCUT2D eigenvalue weighted by molar-refractivity contribution is 5.68. The van der Waals surface area contributed by atoms with Gasteiger partial charge < -0.3 is 10.2 Å². The minimum Gasteiger partial charge on any atom is -0.358 e. The summed E-state index contributed by atoms with van der Waals surface area (Å²) < 4.78 is 1.89. The predicted molar refractivity (Wildman–Crippen MR) is 74.1 cm³/mol. The van der Waals surface area contributed by atoms with Gasteiger partial charge in [0.15, 0.2) is 5.82 Å². The highest BCUT2D eigenvalue weighted by atomic mass is 15.3. The minimum absolute atomic E-state index is 0.575. The fourth-order valence-corrected chi connectivity index (χ4v) is 2.29. The first kappa shape index (κ1) is 12.8. The molecule has 1 N–H and O–H groups in total. The van der Waals surface area contributed by atoms with Crippen molar-refractivity contribution in [1.82, 2.24) is 19.9 Å². The van der Waals surface area contributed by atoms with Gasteiger partial charge in [-0.25, -0.2) is 9.50 Å². The minimum atomic E-state index is 0.575. The average molecular weight is 247 g/mol. The number of aromatic nitrogens is 3. The SMILES string of the molecule is CNCC(C)CN(C)c1nccn2nc(C)cc12. The van der Waals surface area contributed by atoms with Gasteiger partial charge in [-0.3, -0.25) is 0 Å². The van der Waals surface area contributed by atoms with Crippen molar-refractivity contribution in [2.45, 2.75) is 13.8 Å². The zero-order valence-electron chi connectivity index (χ0n) is 11.5. The third-order valence-electron chi connectivity index (χ3n) is 2.99. The average Bonchev–Trinajstić information content (AvgIpc) is 2.68. The van der Waals surface area contributed by atoms with Crippen LogP contribution >= 0.6 is 0 Å². The molecule has 5 heteroatoms.